The second kappa shape index (κ2) is 21.9. The van der Waals surface area contributed by atoms with E-state index in [0.29, 0.717) is 57.4 Å². The largest absolute Gasteiger partial charge is 0.486 e. The van der Waals surface area contributed by atoms with E-state index < -0.39 is 42.9 Å². The summed E-state index contributed by atoms with van der Waals surface area (Å²) in [6.07, 6.45) is 8.75. The molecule has 3 aromatic carbocycles. The Morgan fingerprint density at radius 2 is 1.73 bits per heavy atom. The van der Waals surface area contributed by atoms with E-state index in [4.69, 9.17) is 18.9 Å². The molecule has 0 radical (unpaired) electrons. The number of H-pyrrole nitrogens is 1. The Morgan fingerprint density at radius 1 is 0.975 bits per heavy atom. The molecule has 418 valence electrons. The van der Waals surface area contributed by atoms with Crippen molar-refractivity contribution in [2.24, 2.45) is 11.3 Å². The van der Waals surface area contributed by atoms with Crippen molar-refractivity contribution >= 4 is 44.2 Å². The van der Waals surface area contributed by atoms with Gasteiger partial charge in [-0.3, -0.25) is 24.7 Å². The van der Waals surface area contributed by atoms with Gasteiger partial charge in [0.15, 0.2) is 17.2 Å². The van der Waals surface area contributed by atoms with Gasteiger partial charge in [0.25, 0.3) is 21.8 Å². The number of amides is 1. The van der Waals surface area contributed by atoms with Crippen LogP contribution in [0.5, 0.6) is 28.9 Å². The predicted molar refractivity (Wildman–Crippen MR) is 295 cm³/mol. The number of piperidine rings is 1. The van der Waals surface area contributed by atoms with E-state index in [9.17, 15) is 32.8 Å². The number of piperazine rings is 1. The van der Waals surface area contributed by atoms with Gasteiger partial charge >= 0.3 is 5.69 Å². The highest BCUT2D eigenvalue weighted by molar-refractivity contribution is 7.90. The number of aliphatic hydroxyl groups is 1. The van der Waals surface area contributed by atoms with Gasteiger partial charge in [0, 0.05) is 88.0 Å². The smallest absolute Gasteiger partial charge is 0.312 e. The van der Waals surface area contributed by atoms with Gasteiger partial charge < -0.3 is 39.3 Å². The monoisotopic (exact) mass is 1100 g/mol. The Bertz CT molecular complexity index is 3370. The van der Waals surface area contributed by atoms with E-state index in [1.807, 2.05) is 6.07 Å². The van der Waals surface area contributed by atoms with Gasteiger partial charge in [0.2, 0.25) is 5.82 Å². The quantitative estimate of drug-likeness (QED) is 0.0523. The molecule has 6 aromatic rings. The number of carbonyl (C=O) groups excluding carboxylic acids is 1. The van der Waals surface area contributed by atoms with Crippen LogP contribution >= 0.6 is 0 Å². The number of nitrogens with zero attached hydrogens (tertiary/aromatic N) is 6. The molecular weight excluding hydrogens is 1030 g/mol. The standard InChI is InChI=1S/C58H68FN9O10S/c1-36(2)42-7-5-6-8-43(42)48-35-65(34-38-9-12-49-51(25-38)77-24-23-76-49)21-22-67(48)40-29-58(30-40)17-19-66(20-18-58)39-10-11-44(50(26-39)78-52-28-45-46(59)33-62-53(45)63-56(52)75-4)55(69)64-79(73,74)41-27-47(68(71)72)54(61-32-41)60-31-37-13-15-57(3,70)16-14-37/h5-12,25-28,32-33,36-37,40,48,70H,13-24,29-31,34-35H2,1-4H3,(H,60,61)(H,62,63)(H,64,69)/t37?,48-,57?/m0/s1. The summed E-state index contributed by atoms with van der Waals surface area (Å²) in [6, 6.07) is 23.0. The number of ether oxygens (including phenoxy) is 4. The SMILES string of the molecule is COc1nc2[nH]cc(F)c2cc1Oc1cc(N2CCC3(CC2)CC(N2CCN(Cc4ccc5c(c4)OCCO5)C[C@H]2c2ccccc2C(C)C)C3)ccc1C(=O)NS(=O)(=O)c1cnc(NCC2CCC(C)(O)CC2)c([N+](=O)[O-])c1. The zero-order valence-electron chi connectivity index (χ0n) is 45.0. The summed E-state index contributed by atoms with van der Waals surface area (Å²) in [4.78, 5) is 44.0. The van der Waals surface area contributed by atoms with Gasteiger partial charge in [0.1, 0.15) is 35.3 Å². The third kappa shape index (κ3) is 11.4. The minimum Gasteiger partial charge on any atom is -0.486 e. The highest BCUT2D eigenvalue weighted by atomic mass is 32.2. The average Bonchev–Trinajstić information content (AvgIpc) is 3.98. The molecule has 0 unspecified atom stereocenters. The van der Waals surface area contributed by atoms with Crippen LogP contribution in [0.3, 0.4) is 0 Å². The first kappa shape index (κ1) is 53.9. The number of aromatic nitrogens is 3. The van der Waals surface area contributed by atoms with Crippen molar-refractivity contribution in [3.8, 4) is 28.9 Å². The van der Waals surface area contributed by atoms with Gasteiger partial charge in [-0.25, -0.2) is 22.5 Å². The fraction of sp³-hybridized carbons (Fsp3) is 0.466. The first-order chi connectivity index (χ1) is 37.9. The number of rotatable bonds is 16. The number of aromatic amines is 1. The number of nitrogens with one attached hydrogen (secondary N) is 3. The summed E-state index contributed by atoms with van der Waals surface area (Å²) >= 11 is 0. The summed E-state index contributed by atoms with van der Waals surface area (Å²) in [5.74, 6) is 0.220. The van der Waals surface area contributed by atoms with Crippen molar-refractivity contribution in [2.45, 2.75) is 107 Å². The molecule has 19 nitrogen and oxygen atoms in total. The molecule has 1 amide bonds. The number of halogens is 1. The van der Waals surface area contributed by atoms with Crippen LogP contribution in [-0.4, -0.2) is 120 Å². The zero-order chi connectivity index (χ0) is 55.2. The van der Waals surface area contributed by atoms with Crippen LogP contribution in [0.15, 0.2) is 90.1 Å². The van der Waals surface area contributed by atoms with Crippen LogP contribution in [0.4, 0.5) is 21.6 Å². The number of methoxy groups -OCH3 is 1. The highest BCUT2D eigenvalue weighted by Gasteiger charge is 2.50. The molecule has 2 saturated carbocycles. The molecule has 4 fully saturated rings. The molecule has 79 heavy (non-hydrogen) atoms. The van der Waals surface area contributed by atoms with Crippen molar-refractivity contribution in [2.75, 3.05) is 69.8 Å². The second-order valence-electron chi connectivity index (χ2n) is 22.7. The molecule has 4 N–H and O–H groups in total. The summed E-state index contributed by atoms with van der Waals surface area (Å²) in [5.41, 5.74) is 3.55. The van der Waals surface area contributed by atoms with E-state index in [2.05, 4.69) is 89.9 Å². The maximum Gasteiger partial charge on any atom is 0.312 e. The third-order valence-corrected chi connectivity index (χ3v) is 18.3. The molecule has 21 heteroatoms. The second-order valence-corrected chi connectivity index (χ2v) is 24.3. The molecule has 2 aliphatic carbocycles. The molecule has 2 saturated heterocycles. The molecule has 0 bridgehead atoms. The van der Waals surface area contributed by atoms with Crippen molar-refractivity contribution in [1.29, 1.82) is 0 Å². The normalized spacial score (nSPS) is 21.7. The molecule has 3 aliphatic heterocycles. The molecule has 1 atom stereocenters. The average molecular weight is 1100 g/mol. The number of hydrogen-bond acceptors (Lipinski definition) is 16. The number of pyridine rings is 2. The lowest BCUT2D eigenvalue weighted by Crippen LogP contribution is -2.60. The minimum atomic E-state index is -4.75. The predicted octanol–water partition coefficient (Wildman–Crippen LogP) is 9.48. The van der Waals surface area contributed by atoms with Gasteiger partial charge in [0.05, 0.1) is 34.8 Å². The molecule has 1 spiro atoms. The fourth-order valence-electron chi connectivity index (χ4n) is 12.5. The number of nitro groups is 1. The fourth-order valence-corrected chi connectivity index (χ4v) is 13.4. The molecular formula is C58H68FN9O10S. The van der Waals surface area contributed by atoms with E-state index in [1.165, 1.54) is 35.9 Å². The molecule has 3 aromatic heterocycles. The number of hydrogen-bond donors (Lipinski definition) is 4. The first-order valence-electron chi connectivity index (χ1n) is 27.4. The van der Waals surface area contributed by atoms with Crippen LogP contribution < -0.4 is 33.9 Å². The number of benzene rings is 3. The Morgan fingerprint density at radius 3 is 2.48 bits per heavy atom. The van der Waals surface area contributed by atoms with Gasteiger partial charge in [-0.2, -0.15) is 4.98 Å². The van der Waals surface area contributed by atoms with Crippen LogP contribution in [0, 0.1) is 27.3 Å². The van der Waals surface area contributed by atoms with Crippen molar-refractivity contribution in [1.82, 2.24) is 29.5 Å². The van der Waals surface area contributed by atoms with Crippen molar-refractivity contribution in [3.63, 3.8) is 0 Å². The summed E-state index contributed by atoms with van der Waals surface area (Å²) in [7, 11) is -3.38. The summed E-state index contributed by atoms with van der Waals surface area (Å²) < 4.78 is 68.5. The van der Waals surface area contributed by atoms with E-state index in [-0.39, 0.29) is 57.2 Å². The van der Waals surface area contributed by atoms with Crippen LogP contribution in [0.1, 0.15) is 111 Å². The lowest BCUT2D eigenvalue weighted by Gasteiger charge is -2.58. The van der Waals surface area contributed by atoms with Gasteiger partial charge in [-0.1, -0.05) is 44.2 Å². The van der Waals surface area contributed by atoms with Gasteiger partial charge in [-0.05, 0) is 116 Å². The summed E-state index contributed by atoms with van der Waals surface area (Å²) in [6.45, 7) is 12.9. The van der Waals surface area contributed by atoms with E-state index in [0.717, 1.165) is 101 Å². The Hall–Kier alpha value is -7.07. The molecule has 6 heterocycles. The van der Waals surface area contributed by atoms with Crippen LogP contribution in [-0.2, 0) is 16.6 Å². The first-order valence-corrected chi connectivity index (χ1v) is 28.8. The Balaban J connectivity index is 0.799. The number of anilines is 2. The van der Waals surface area contributed by atoms with Crippen molar-refractivity contribution < 1.29 is 46.6 Å². The van der Waals surface area contributed by atoms with Crippen LogP contribution in [0.2, 0.25) is 0 Å². The molecule has 5 aliphatic rings. The number of fused-ring (bicyclic) bond motifs is 2. The summed E-state index contributed by atoms with van der Waals surface area (Å²) in [5, 5.41) is 25.7. The Kier molecular flexibility index (Phi) is 14.9. The minimum absolute atomic E-state index is 0.0167. The zero-order valence-corrected chi connectivity index (χ0v) is 45.8. The van der Waals surface area contributed by atoms with E-state index >= 15 is 0 Å². The van der Waals surface area contributed by atoms with Crippen LogP contribution in [0.25, 0.3) is 11.0 Å². The van der Waals surface area contributed by atoms with Gasteiger partial charge in [-0.15, -0.1) is 0 Å². The maximum absolute atomic E-state index is 14.9. The third-order valence-electron chi connectivity index (χ3n) is 17.0. The Labute approximate surface area is 459 Å². The molecule has 11 rings (SSSR count). The number of carbonyl (C=O) groups is 1. The maximum atomic E-state index is 14.9. The lowest BCUT2D eigenvalue weighted by atomic mass is 9.59. The topological polar surface area (TPSA) is 227 Å². The highest BCUT2D eigenvalue weighted by Crippen LogP contribution is 2.54. The van der Waals surface area contributed by atoms with E-state index in [1.54, 1.807) is 19.1 Å². The lowest BCUT2D eigenvalue weighted by molar-refractivity contribution is -0.384. The van der Waals surface area contributed by atoms with Crippen molar-refractivity contribution in [3.05, 3.63) is 123 Å². The number of sulfonamides is 1.